The molecule has 140 valence electrons. The van der Waals surface area contributed by atoms with Crippen LogP contribution in [-0.2, 0) is 10.2 Å². The van der Waals surface area contributed by atoms with Crippen molar-refractivity contribution in [2.75, 3.05) is 26.3 Å². The molecule has 2 amide bonds. The third kappa shape index (κ3) is 6.01. The van der Waals surface area contributed by atoms with Crippen LogP contribution in [0.15, 0.2) is 30.3 Å². The third-order valence-electron chi connectivity index (χ3n) is 5.00. The van der Waals surface area contributed by atoms with E-state index in [0.29, 0.717) is 19.5 Å². The molecule has 0 radical (unpaired) electrons. The number of hydrogen-bond donors (Lipinski definition) is 3. The van der Waals surface area contributed by atoms with Crippen LogP contribution in [0.1, 0.15) is 45.6 Å². The van der Waals surface area contributed by atoms with Gasteiger partial charge < -0.3 is 20.5 Å². The molecule has 0 saturated carbocycles. The Balaban J connectivity index is 1.91. The first-order valence-electron chi connectivity index (χ1n) is 9.16. The summed E-state index contributed by atoms with van der Waals surface area (Å²) >= 11 is 0. The Morgan fingerprint density at radius 3 is 2.48 bits per heavy atom. The van der Waals surface area contributed by atoms with E-state index < -0.39 is 0 Å². The normalized spacial score (nSPS) is 18.4. The summed E-state index contributed by atoms with van der Waals surface area (Å²) in [5.41, 5.74) is 1.06. The molecule has 1 saturated heterocycles. The molecule has 1 unspecified atom stereocenters. The Labute approximate surface area is 151 Å². The van der Waals surface area contributed by atoms with Gasteiger partial charge in [-0.3, -0.25) is 0 Å². The summed E-state index contributed by atoms with van der Waals surface area (Å²) in [5, 5.41) is 15.5. The molecule has 1 aliphatic heterocycles. The fourth-order valence-corrected chi connectivity index (χ4v) is 3.62. The van der Waals surface area contributed by atoms with Gasteiger partial charge in [0.15, 0.2) is 0 Å². The fraction of sp³-hybridized carbons (Fsp3) is 0.650. The van der Waals surface area contributed by atoms with E-state index in [2.05, 4.69) is 22.8 Å². The van der Waals surface area contributed by atoms with E-state index in [4.69, 9.17) is 4.74 Å². The number of urea groups is 1. The van der Waals surface area contributed by atoms with E-state index in [9.17, 15) is 9.90 Å². The smallest absolute Gasteiger partial charge is 0.314 e. The highest BCUT2D eigenvalue weighted by Gasteiger charge is 2.34. The lowest BCUT2D eigenvalue weighted by Crippen LogP contribution is -2.48. The molecule has 0 aliphatic carbocycles. The predicted molar refractivity (Wildman–Crippen MR) is 99.7 cm³/mol. The van der Waals surface area contributed by atoms with Gasteiger partial charge in [-0.05, 0) is 37.2 Å². The Kier molecular flexibility index (Phi) is 6.85. The highest BCUT2D eigenvalue weighted by atomic mass is 16.5. The number of carbonyl (C=O) groups is 1. The van der Waals surface area contributed by atoms with Gasteiger partial charge in [0.25, 0.3) is 0 Å². The zero-order chi connectivity index (χ0) is 18.3. The molecule has 5 heteroatoms. The molecule has 0 bridgehead atoms. The van der Waals surface area contributed by atoms with Crippen molar-refractivity contribution in [2.24, 2.45) is 5.41 Å². The molecule has 1 fully saturated rings. The summed E-state index contributed by atoms with van der Waals surface area (Å²) in [4.78, 5) is 12.3. The molecular weight excluding hydrogens is 316 g/mol. The van der Waals surface area contributed by atoms with Crippen LogP contribution in [-0.4, -0.2) is 43.5 Å². The summed E-state index contributed by atoms with van der Waals surface area (Å²) < 4.78 is 5.53. The number of aliphatic hydroxyl groups excluding tert-OH is 1. The number of ether oxygens (including phenoxy) is 1. The molecule has 5 nitrogen and oxygen atoms in total. The standard InChI is InChI=1S/C20H32N2O3/c1-16(23)13-19(2,3)14-21-18(24)22-15-20(9-11-25-12-10-20)17-7-5-4-6-8-17/h4-8,16,23H,9-15H2,1-3H3,(H2,21,22,24). The van der Waals surface area contributed by atoms with Crippen molar-refractivity contribution in [2.45, 2.75) is 51.6 Å². The molecule has 1 heterocycles. The number of rotatable bonds is 7. The fourth-order valence-electron chi connectivity index (χ4n) is 3.62. The Morgan fingerprint density at radius 2 is 1.88 bits per heavy atom. The Hall–Kier alpha value is -1.59. The van der Waals surface area contributed by atoms with Gasteiger partial charge in [-0.25, -0.2) is 4.79 Å². The summed E-state index contributed by atoms with van der Waals surface area (Å²) in [5.74, 6) is 0. The lowest BCUT2D eigenvalue weighted by molar-refractivity contribution is 0.0506. The van der Waals surface area contributed by atoms with Gasteiger partial charge in [0.05, 0.1) is 6.10 Å². The van der Waals surface area contributed by atoms with E-state index in [0.717, 1.165) is 26.1 Å². The van der Waals surface area contributed by atoms with E-state index >= 15 is 0 Å². The van der Waals surface area contributed by atoms with E-state index in [1.54, 1.807) is 6.92 Å². The number of aliphatic hydroxyl groups is 1. The van der Waals surface area contributed by atoms with Crippen LogP contribution in [0.4, 0.5) is 4.79 Å². The highest BCUT2D eigenvalue weighted by Crippen LogP contribution is 2.34. The molecule has 1 atom stereocenters. The first-order chi connectivity index (χ1) is 11.8. The van der Waals surface area contributed by atoms with Crippen molar-refractivity contribution >= 4 is 6.03 Å². The van der Waals surface area contributed by atoms with Crippen LogP contribution < -0.4 is 10.6 Å². The van der Waals surface area contributed by atoms with Gasteiger partial charge in [0, 0.05) is 31.7 Å². The second-order valence-corrected chi connectivity index (χ2v) is 8.01. The number of carbonyl (C=O) groups excluding carboxylic acids is 1. The van der Waals surface area contributed by atoms with Gasteiger partial charge in [0.2, 0.25) is 0 Å². The van der Waals surface area contributed by atoms with Crippen molar-refractivity contribution in [1.82, 2.24) is 10.6 Å². The topological polar surface area (TPSA) is 70.6 Å². The Morgan fingerprint density at radius 1 is 1.24 bits per heavy atom. The number of hydrogen-bond acceptors (Lipinski definition) is 3. The second-order valence-electron chi connectivity index (χ2n) is 8.01. The average Bonchev–Trinajstić information content (AvgIpc) is 2.59. The SMILES string of the molecule is CC(O)CC(C)(C)CNC(=O)NCC1(c2ccccc2)CCOCC1. The lowest BCUT2D eigenvalue weighted by Gasteiger charge is -2.38. The second kappa shape index (κ2) is 8.68. The minimum atomic E-state index is -0.372. The van der Waals surface area contributed by atoms with Crippen LogP contribution in [0, 0.1) is 5.41 Å². The van der Waals surface area contributed by atoms with E-state index in [-0.39, 0.29) is 23.0 Å². The minimum Gasteiger partial charge on any atom is -0.393 e. The molecular formula is C20H32N2O3. The van der Waals surface area contributed by atoms with Crippen molar-refractivity contribution in [1.29, 1.82) is 0 Å². The number of amides is 2. The maximum Gasteiger partial charge on any atom is 0.314 e. The maximum absolute atomic E-state index is 12.3. The van der Waals surface area contributed by atoms with Crippen molar-refractivity contribution in [3.8, 4) is 0 Å². The highest BCUT2D eigenvalue weighted by molar-refractivity contribution is 5.74. The zero-order valence-corrected chi connectivity index (χ0v) is 15.7. The number of benzene rings is 1. The summed E-state index contributed by atoms with van der Waals surface area (Å²) in [6.07, 6.45) is 2.09. The molecule has 0 spiro atoms. The largest absolute Gasteiger partial charge is 0.393 e. The van der Waals surface area contributed by atoms with Gasteiger partial charge in [-0.2, -0.15) is 0 Å². The predicted octanol–water partition coefficient (Wildman–Crippen LogP) is 2.83. The van der Waals surface area contributed by atoms with Crippen molar-refractivity contribution < 1.29 is 14.6 Å². The van der Waals surface area contributed by atoms with Gasteiger partial charge in [-0.15, -0.1) is 0 Å². The van der Waals surface area contributed by atoms with Crippen molar-refractivity contribution in [3.05, 3.63) is 35.9 Å². The summed E-state index contributed by atoms with van der Waals surface area (Å²) in [6, 6.07) is 10.2. The number of nitrogens with one attached hydrogen (secondary N) is 2. The Bertz CT molecular complexity index is 537. The molecule has 1 aromatic carbocycles. The minimum absolute atomic E-state index is 0.0635. The zero-order valence-electron chi connectivity index (χ0n) is 15.7. The van der Waals surface area contributed by atoms with E-state index in [1.165, 1.54) is 5.56 Å². The third-order valence-corrected chi connectivity index (χ3v) is 5.00. The van der Waals surface area contributed by atoms with Crippen LogP contribution >= 0.6 is 0 Å². The first kappa shape index (κ1) is 19.7. The van der Waals surface area contributed by atoms with Gasteiger partial charge >= 0.3 is 6.03 Å². The van der Waals surface area contributed by atoms with Crippen LogP contribution in [0.25, 0.3) is 0 Å². The van der Waals surface area contributed by atoms with Crippen LogP contribution in [0.3, 0.4) is 0 Å². The monoisotopic (exact) mass is 348 g/mol. The molecule has 0 aromatic heterocycles. The first-order valence-corrected chi connectivity index (χ1v) is 9.16. The van der Waals surface area contributed by atoms with Gasteiger partial charge in [0.1, 0.15) is 0 Å². The average molecular weight is 348 g/mol. The maximum atomic E-state index is 12.3. The van der Waals surface area contributed by atoms with Crippen LogP contribution in [0.2, 0.25) is 0 Å². The molecule has 1 aromatic rings. The van der Waals surface area contributed by atoms with E-state index in [1.807, 2.05) is 32.0 Å². The molecule has 3 N–H and O–H groups in total. The van der Waals surface area contributed by atoms with Gasteiger partial charge in [-0.1, -0.05) is 44.2 Å². The molecule has 2 rings (SSSR count). The molecule has 1 aliphatic rings. The quantitative estimate of drug-likeness (QED) is 0.710. The summed E-state index contributed by atoms with van der Waals surface area (Å²) in [7, 11) is 0. The van der Waals surface area contributed by atoms with Crippen LogP contribution in [0.5, 0.6) is 0 Å². The van der Waals surface area contributed by atoms with Crippen molar-refractivity contribution in [3.63, 3.8) is 0 Å². The molecule has 25 heavy (non-hydrogen) atoms. The summed E-state index contributed by atoms with van der Waals surface area (Å²) in [6.45, 7) is 8.44. The lowest BCUT2D eigenvalue weighted by atomic mass is 9.74.